The third-order valence-electron chi connectivity index (χ3n) is 4.17. The van der Waals surface area contributed by atoms with Gasteiger partial charge in [-0.2, -0.15) is 0 Å². The quantitative estimate of drug-likeness (QED) is 0.219. The molecular weight excluding hydrogens is 398 g/mol. The van der Waals surface area contributed by atoms with Crippen molar-refractivity contribution in [2.24, 2.45) is 0 Å². The number of methoxy groups -OCH3 is 1. The van der Waals surface area contributed by atoms with Crippen molar-refractivity contribution >= 4 is 28.6 Å². The molecule has 0 spiro atoms. The molecule has 0 saturated heterocycles. The molecule has 0 bridgehead atoms. The SMILES string of the molecule is C=Cc1[c-]cc(C(C)c2cc(S(=O)(=O)[O-])c(C=C)cc2C=O)c(OC)c1.[Na+].[Na+]. The number of benzene rings is 2. The van der Waals surface area contributed by atoms with E-state index >= 15 is 0 Å². The molecule has 2 rings (SSSR count). The van der Waals surface area contributed by atoms with Crippen LogP contribution < -0.4 is 63.9 Å². The summed E-state index contributed by atoms with van der Waals surface area (Å²) in [5.74, 6) is 0.127. The van der Waals surface area contributed by atoms with Crippen molar-refractivity contribution in [3.63, 3.8) is 0 Å². The Morgan fingerprint density at radius 1 is 1.11 bits per heavy atom. The van der Waals surface area contributed by atoms with Crippen LogP contribution in [0.25, 0.3) is 12.2 Å². The maximum absolute atomic E-state index is 11.6. The van der Waals surface area contributed by atoms with E-state index in [9.17, 15) is 17.8 Å². The van der Waals surface area contributed by atoms with Crippen LogP contribution in [0.3, 0.4) is 0 Å². The molecule has 0 saturated carbocycles. The molecule has 136 valence electrons. The van der Waals surface area contributed by atoms with Crippen LogP contribution in [0, 0.1) is 6.07 Å². The monoisotopic (exact) mass is 416 g/mol. The van der Waals surface area contributed by atoms with E-state index in [0.29, 0.717) is 23.2 Å². The van der Waals surface area contributed by atoms with Gasteiger partial charge < -0.3 is 9.29 Å². The van der Waals surface area contributed by atoms with Crippen LogP contribution in [0.5, 0.6) is 5.75 Å². The Morgan fingerprint density at radius 2 is 1.75 bits per heavy atom. The Hall–Kier alpha value is -0.700. The molecule has 0 N–H and O–H groups in total. The maximum Gasteiger partial charge on any atom is 1.00 e. The van der Waals surface area contributed by atoms with Crippen LogP contribution in [-0.4, -0.2) is 26.4 Å². The van der Waals surface area contributed by atoms with Gasteiger partial charge in [0.25, 0.3) is 0 Å². The maximum atomic E-state index is 11.6. The minimum Gasteiger partial charge on any atom is -0.744 e. The number of rotatable bonds is 7. The largest absolute Gasteiger partial charge is 1.00 e. The first-order chi connectivity index (χ1) is 12.3. The average molecular weight is 416 g/mol. The molecule has 1 atom stereocenters. The molecule has 28 heavy (non-hydrogen) atoms. The summed E-state index contributed by atoms with van der Waals surface area (Å²) in [6.45, 7) is 8.97. The van der Waals surface area contributed by atoms with Gasteiger partial charge in [0.2, 0.25) is 0 Å². The van der Waals surface area contributed by atoms with Crippen molar-refractivity contribution in [1.29, 1.82) is 0 Å². The van der Waals surface area contributed by atoms with Crippen LogP contribution in [0.1, 0.15) is 45.5 Å². The van der Waals surface area contributed by atoms with Gasteiger partial charge in [-0.15, -0.1) is 36.4 Å². The smallest absolute Gasteiger partial charge is 0.744 e. The van der Waals surface area contributed by atoms with Gasteiger partial charge in [-0.1, -0.05) is 25.1 Å². The Labute approximate surface area is 210 Å². The molecule has 2 aromatic carbocycles. The van der Waals surface area contributed by atoms with E-state index in [0.717, 1.165) is 5.56 Å². The van der Waals surface area contributed by atoms with Gasteiger partial charge in [0, 0.05) is 11.3 Å². The van der Waals surface area contributed by atoms with E-state index in [1.54, 1.807) is 25.1 Å². The van der Waals surface area contributed by atoms with Crippen molar-refractivity contribution < 1.29 is 81.6 Å². The van der Waals surface area contributed by atoms with Crippen molar-refractivity contribution in [2.45, 2.75) is 17.7 Å². The zero-order chi connectivity index (χ0) is 19.5. The fraction of sp³-hybridized carbons (Fsp3) is 0.150. The molecule has 0 aliphatic rings. The number of ether oxygens (including phenoxy) is 1. The Morgan fingerprint density at radius 3 is 2.21 bits per heavy atom. The zero-order valence-electron chi connectivity index (χ0n) is 16.5. The first kappa shape index (κ1) is 27.3. The van der Waals surface area contributed by atoms with Gasteiger partial charge in [-0.05, 0) is 29.2 Å². The molecule has 0 aromatic heterocycles. The zero-order valence-corrected chi connectivity index (χ0v) is 21.3. The second-order valence-corrected chi connectivity index (χ2v) is 6.98. The topological polar surface area (TPSA) is 83.5 Å². The predicted octanol–water partition coefficient (Wildman–Crippen LogP) is -2.34. The normalized spacial score (nSPS) is 11.4. The summed E-state index contributed by atoms with van der Waals surface area (Å²) < 4.78 is 40.2. The van der Waals surface area contributed by atoms with Crippen LogP contribution in [0.4, 0.5) is 0 Å². The van der Waals surface area contributed by atoms with Crippen molar-refractivity contribution in [3.8, 4) is 5.75 Å². The molecule has 5 nitrogen and oxygen atoms in total. The minimum absolute atomic E-state index is 0. The fourth-order valence-electron chi connectivity index (χ4n) is 2.78. The van der Waals surface area contributed by atoms with Crippen molar-refractivity contribution in [1.82, 2.24) is 0 Å². The van der Waals surface area contributed by atoms with Gasteiger partial charge in [0.15, 0.2) is 0 Å². The minimum atomic E-state index is -4.72. The summed E-state index contributed by atoms with van der Waals surface area (Å²) in [7, 11) is -3.22. The molecule has 1 unspecified atom stereocenters. The molecule has 0 aliphatic heterocycles. The third kappa shape index (κ3) is 5.90. The molecule has 0 aliphatic carbocycles. The standard InChI is InChI=1S/C20H19O5S.2Na/c1-5-14-7-8-17(19(9-14)25-4)13(3)18-11-20(26(22,23)24)15(6-2)10-16(18)12-21;;/h5-6,8-13H,1-2H2,3-4H3,(H,22,23,24);;/q-1;2*+1/p-1. The summed E-state index contributed by atoms with van der Waals surface area (Å²) in [4.78, 5) is 11.1. The number of carbonyl (C=O) groups excluding carboxylic acids is 1. The van der Waals surface area contributed by atoms with E-state index in [1.807, 2.05) is 0 Å². The summed E-state index contributed by atoms with van der Waals surface area (Å²) in [5, 5.41) is 0. The predicted molar refractivity (Wildman–Crippen MR) is 99.3 cm³/mol. The van der Waals surface area contributed by atoms with Gasteiger partial charge in [-0.3, -0.25) is 4.79 Å². The van der Waals surface area contributed by atoms with Crippen molar-refractivity contribution in [3.05, 3.63) is 71.3 Å². The van der Waals surface area contributed by atoms with Gasteiger partial charge in [-0.25, -0.2) is 8.42 Å². The Kier molecular flexibility index (Phi) is 11.2. The molecule has 2 aromatic rings. The van der Waals surface area contributed by atoms with Gasteiger partial charge in [0.05, 0.1) is 12.0 Å². The number of hydrogen-bond acceptors (Lipinski definition) is 5. The molecule has 8 heteroatoms. The Balaban J connectivity index is 0.00000364. The van der Waals surface area contributed by atoms with E-state index in [2.05, 4.69) is 19.2 Å². The van der Waals surface area contributed by atoms with Gasteiger partial charge in [0.1, 0.15) is 16.4 Å². The van der Waals surface area contributed by atoms with Crippen LogP contribution >= 0.6 is 0 Å². The van der Waals surface area contributed by atoms with E-state index in [1.165, 1.54) is 25.3 Å². The Bertz CT molecular complexity index is 984. The number of aldehydes is 1. The van der Waals surface area contributed by atoms with Gasteiger partial charge >= 0.3 is 59.1 Å². The summed E-state index contributed by atoms with van der Waals surface area (Å²) in [6, 6.07) is 9.05. The summed E-state index contributed by atoms with van der Waals surface area (Å²) in [5.41, 5.74) is 2.20. The van der Waals surface area contributed by atoms with Crippen LogP contribution in [0.2, 0.25) is 0 Å². The van der Waals surface area contributed by atoms with Crippen molar-refractivity contribution in [2.75, 3.05) is 7.11 Å². The molecule has 0 heterocycles. The number of carbonyl (C=O) groups is 1. The second kappa shape index (κ2) is 11.5. The van der Waals surface area contributed by atoms with E-state index in [-0.39, 0.29) is 70.2 Å². The summed E-state index contributed by atoms with van der Waals surface area (Å²) >= 11 is 0. The molecule has 0 fully saturated rings. The second-order valence-electron chi connectivity index (χ2n) is 5.63. The summed E-state index contributed by atoms with van der Waals surface area (Å²) in [6.07, 6.45) is 3.47. The first-order valence-corrected chi connectivity index (χ1v) is 9.11. The molecule has 0 radical (unpaired) electrons. The van der Waals surface area contributed by atoms with Crippen LogP contribution in [-0.2, 0) is 10.1 Å². The third-order valence-corrected chi connectivity index (χ3v) is 5.06. The van der Waals surface area contributed by atoms with E-state index < -0.39 is 20.9 Å². The van der Waals surface area contributed by atoms with Crippen LogP contribution in [0.15, 0.2) is 42.3 Å². The van der Waals surface area contributed by atoms with E-state index in [4.69, 9.17) is 4.74 Å². The first-order valence-electron chi connectivity index (χ1n) is 7.70. The average Bonchev–Trinajstić information content (AvgIpc) is 2.64. The molecular formula is C20H18Na2O5S. The molecule has 0 amide bonds. The number of hydrogen-bond donors (Lipinski definition) is 0. The fourth-order valence-corrected chi connectivity index (χ4v) is 3.48.